The summed E-state index contributed by atoms with van der Waals surface area (Å²) in [5.74, 6) is 3.37. The summed E-state index contributed by atoms with van der Waals surface area (Å²) in [7, 11) is 0. The van der Waals surface area contributed by atoms with Crippen LogP contribution in [0.3, 0.4) is 0 Å². The van der Waals surface area contributed by atoms with E-state index in [0.717, 1.165) is 30.2 Å². The second-order valence-corrected chi connectivity index (χ2v) is 7.54. The summed E-state index contributed by atoms with van der Waals surface area (Å²) in [6.07, 6.45) is 4.22. The molecule has 1 aromatic heterocycles. The van der Waals surface area contributed by atoms with Crippen molar-refractivity contribution in [2.24, 2.45) is 17.8 Å². The highest BCUT2D eigenvalue weighted by atomic mass is 32.1. The van der Waals surface area contributed by atoms with Crippen molar-refractivity contribution in [3.05, 3.63) is 21.9 Å². The van der Waals surface area contributed by atoms with Crippen molar-refractivity contribution in [3.63, 3.8) is 0 Å². The molecule has 1 nitrogen and oxygen atoms in total. The van der Waals surface area contributed by atoms with Crippen molar-refractivity contribution in [2.75, 3.05) is 13.1 Å². The first-order valence-electron chi connectivity index (χ1n) is 7.88. The minimum Gasteiger partial charge on any atom is -0.317 e. The SMILES string of the molecule is CCNCC1CCC(C(C)C)CC1c1ccsc1C. The molecule has 1 aromatic rings. The average molecular weight is 279 g/mol. The molecule has 0 aromatic carbocycles. The number of nitrogens with one attached hydrogen (secondary N) is 1. The Morgan fingerprint density at radius 1 is 1.37 bits per heavy atom. The molecule has 19 heavy (non-hydrogen) atoms. The largest absolute Gasteiger partial charge is 0.317 e. The molecular weight excluding hydrogens is 250 g/mol. The molecule has 0 aliphatic heterocycles. The Hall–Kier alpha value is -0.340. The zero-order valence-electron chi connectivity index (χ0n) is 12.9. The molecule has 1 fully saturated rings. The number of aryl methyl sites for hydroxylation is 1. The van der Waals surface area contributed by atoms with Crippen molar-refractivity contribution in [1.29, 1.82) is 0 Å². The topological polar surface area (TPSA) is 12.0 Å². The second kappa shape index (κ2) is 6.90. The van der Waals surface area contributed by atoms with E-state index in [1.807, 2.05) is 11.3 Å². The normalized spacial score (nSPS) is 27.9. The molecule has 0 spiro atoms. The summed E-state index contributed by atoms with van der Waals surface area (Å²) >= 11 is 1.91. The standard InChI is InChI=1S/C17H29NS/c1-5-18-11-15-7-6-14(12(2)3)10-17(15)16-8-9-19-13(16)4/h8-9,12,14-15,17-18H,5-7,10-11H2,1-4H3. The second-order valence-electron chi connectivity index (χ2n) is 6.42. The zero-order chi connectivity index (χ0) is 13.8. The number of rotatable bonds is 5. The highest BCUT2D eigenvalue weighted by Crippen LogP contribution is 2.44. The van der Waals surface area contributed by atoms with Gasteiger partial charge in [-0.3, -0.25) is 0 Å². The van der Waals surface area contributed by atoms with E-state index >= 15 is 0 Å². The molecule has 1 heterocycles. The lowest BCUT2D eigenvalue weighted by Gasteiger charge is -2.38. The van der Waals surface area contributed by atoms with Crippen LogP contribution >= 0.6 is 11.3 Å². The average Bonchev–Trinajstić information content (AvgIpc) is 2.82. The van der Waals surface area contributed by atoms with Crippen LogP contribution in [0.15, 0.2) is 11.4 Å². The minimum atomic E-state index is 0.784. The molecule has 1 aliphatic carbocycles. The molecule has 0 saturated heterocycles. The van der Waals surface area contributed by atoms with Crippen LogP contribution < -0.4 is 5.32 Å². The Morgan fingerprint density at radius 2 is 2.16 bits per heavy atom. The van der Waals surface area contributed by atoms with Crippen LogP contribution in [0.25, 0.3) is 0 Å². The highest BCUT2D eigenvalue weighted by Gasteiger charge is 2.33. The molecule has 0 amide bonds. The molecule has 1 aliphatic rings. The van der Waals surface area contributed by atoms with Gasteiger partial charge in [-0.1, -0.05) is 20.8 Å². The van der Waals surface area contributed by atoms with Crippen LogP contribution in [0.4, 0.5) is 0 Å². The molecule has 0 radical (unpaired) electrons. The van der Waals surface area contributed by atoms with E-state index in [4.69, 9.17) is 0 Å². The molecule has 1 N–H and O–H groups in total. The number of thiophene rings is 1. The maximum atomic E-state index is 3.58. The van der Waals surface area contributed by atoms with Crippen molar-refractivity contribution in [3.8, 4) is 0 Å². The van der Waals surface area contributed by atoms with E-state index in [9.17, 15) is 0 Å². The fraction of sp³-hybridized carbons (Fsp3) is 0.765. The maximum absolute atomic E-state index is 3.58. The molecular formula is C17H29NS. The zero-order valence-corrected chi connectivity index (χ0v) is 13.7. The predicted molar refractivity (Wildman–Crippen MR) is 86.0 cm³/mol. The van der Waals surface area contributed by atoms with Crippen molar-refractivity contribution in [2.45, 2.75) is 52.9 Å². The third kappa shape index (κ3) is 3.61. The lowest BCUT2D eigenvalue weighted by atomic mass is 9.68. The molecule has 1 saturated carbocycles. The van der Waals surface area contributed by atoms with Crippen LogP contribution in [0.2, 0.25) is 0 Å². The van der Waals surface area contributed by atoms with E-state index in [-0.39, 0.29) is 0 Å². The van der Waals surface area contributed by atoms with Crippen LogP contribution in [-0.4, -0.2) is 13.1 Å². The Kier molecular flexibility index (Phi) is 5.47. The third-order valence-electron chi connectivity index (χ3n) is 4.93. The van der Waals surface area contributed by atoms with Gasteiger partial charge in [0.15, 0.2) is 0 Å². The van der Waals surface area contributed by atoms with Crippen LogP contribution in [-0.2, 0) is 0 Å². The van der Waals surface area contributed by atoms with Gasteiger partial charge in [0.25, 0.3) is 0 Å². The van der Waals surface area contributed by atoms with Crippen molar-refractivity contribution < 1.29 is 0 Å². The number of hydrogen-bond acceptors (Lipinski definition) is 2. The summed E-state index contributed by atoms with van der Waals surface area (Å²) in [6, 6.07) is 2.38. The van der Waals surface area contributed by atoms with Gasteiger partial charge in [-0.15, -0.1) is 11.3 Å². The maximum Gasteiger partial charge on any atom is 0.00491 e. The summed E-state index contributed by atoms with van der Waals surface area (Å²) in [4.78, 5) is 1.54. The van der Waals surface area contributed by atoms with Gasteiger partial charge in [0.1, 0.15) is 0 Å². The Balaban J connectivity index is 2.13. The first kappa shape index (κ1) is 15.1. The predicted octanol–water partition coefficient (Wildman–Crippen LogP) is 4.82. The monoisotopic (exact) mass is 279 g/mol. The van der Waals surface area contributed by atoms with Gasteiger partial charge in [-0.2, -0.15) is 0 Å². The van der Waals surface area contributed by atoms with Gasteiger partial charge in [0.2, 0.25) is 0 Å². The summed E-state index contributed by atoms with van der Waals surface area (Å²) in [6.45, 7) is 11.6. The summed E-state index contributed by atoms with van der Waals surface area (Å²) in [5, 5.41) is 5.85. The van der Waals surface area contributed by atoms with Gasteiger partial charge < -0.3 is 5.32 Å². The van der Waals surface area contributed by atoms with Gasteiger partial charge in [-0.05, 0) is 80.0 Å². The van der Waals surface area contributed by atoms with Crippen molar-refractivity contribution in [1.82, 2.24) is 5.32 Å². The summed E-state index contributed by atoms with van der Waals surface area (Å²) in [5.41, 5.74) is 1.64. The first-order chi connectivity index (χ1) is 9.13. The minimum absolute atomic E-state index is 0.784. The fourth-order valence-electron chi connectivity index (χ4n) is 3.61. The van der Waals surface area contributed by atoms with E-state index in [1.54, 1.807) is 5.56 Å². The third-order valence-corrected chi connectivity index (χ3v) is 5.79. The summed E-state index contributed by atoms with van der Waals surface area (Å²) < 4.78 is 0. The Labute approximate surface area is 122 Å². The molecule has 3 atom stereocenters. The van der Waals surface area contributed by atoms with Gasteiger partial charge >= 0.3 is 0 Å². The molecule has 3 unspecified atom stereocenters. The quantitative estimate of drug-likeness (QED) is 0.814. The van der Waals surface area contributed by atoms with Gasteiger partial charge in [0, 0.05) is 4.88 Å². The van der Waals surface area contributed by atoms with Crippen LogP contribution in [0, 0.1) is 24.7 Å². The Bertz CT molecular complexity index is 382. The van der Waals surface area contributed by atoms with E-state index < -0.39 is 0 Å². The lowest BCUT2D eigenvalue weighted by Crippen LogP contribution is -2.33. The van der Waals surface area contributed by atoms with E-state index in [0.29, 0.717) is 0 Å². The van der Waals surface area contributed by atoms with E-state index in [2.05, 4.69) is 44.5 Å². The lowest BCUT2D eigenvalue weighted by molar-refractivity contribution is 0.191. The molecule has 108 valence electrons. The first-order valence-corrected chi connectivity index (χ1v) is 8.76. The highest BCUT2D eigenvalue weighted by molar-refractivity contribution is 7.10. The van der Waals surface area contributed by atoms with Gasteiger partial charge in [-0.25, -0.2) is 0 Å². The molecule has 0 bridgehead atoms. The van der Waals surface area contributed by atoms with Crippen LogP contribution in [0.5, 0.6) is 0 Å². The number of hydrogen-bond donors (Lipinski definition) is 1. The van der Waals surface area contributed by atoms with E-state index in [1.165, 1.54) is 30.7 Å². The molecule has 2 heteroatoms. The molecule has 2 rings (SSSR count). The Morgan fingerprint density at radius 3 is 2.74 bits per heavy atom. The smallest absolute Gasteiger partial charge is 0.00491 e. The van der Waals surface area contributed by atoms with Crippen molar-refractivity contribution >= 4 is 11.3 Å². The van der Waals surface area contributed by atoms with Crippen LogP contribution in [0.1, 0.15) is 56.4 Å². The van der Waals surface area contributed by atoms with Gasteiger partial charge in [0.05, 0.1) is 0 Å². The fourth-order valence-corrected chi connectivity index (χ4v) is 4.38.